The first-order valence-corrected chi connectivity index (χ1v) is 6.33. The van der Waals surface area contributed by atoms with Gasteiger partial charge in [-0.15, -0.1) is 0 Å². The van der Waals surface area contributed by atoms with Crippen molar-refractivity contribution in [1.82, 2.24) is 10.2 Å². The molecule has 1 aliphatic rings. The van der Waals surface area contributed by atoms with Crippen LogP contribution < -0.4 is 5.32 Å². The summed E-state index contributed by atoms with van der Waals surface area (Å²) >= 11 is 0. The van der Waals surface area contributed by atoms with Gasteiger partial charge in [0, 0.05) is 12.6 Å². The van der Waals surface area contributed by atoms with Crippen LogP contribution in [0.25, 0.3) is 0 Å². The first kappa shape index (κ1) is 13.5. The fourth-order valence-corrected chi connectivity index (χ4v) is 2.21. The van der Waals surface area contributed by atoms with Crippen LogP contribution >= 0.6 is 0 Å². The molecule has 1 heterocycles. The van der Waals surface area contributed by atoms with E-state index >= 15 is 0 Å². The lowest BCUT2D eigenvalue weighted by Crippen LogP contribution is -2.47. The highest BCUT2D eigenvalue weighted by Gasteiger charge is 2.27. The third-order valence-corrected chi connectivity index (χ3v) is 3.13. The van der Waals surface area contributed by atoms with E-state index in [1.54, 1.807) is 0 Å². The van der Waals surface area contributed by atoms with Crippen molar-refractivity contribution in [3.63, 3.8) is 0 Å². The average molecular weight is 228 g/mol. The second-order valence-electron chi connectivity index (χ2n) is 4.35. The zero-order valence-electron chi connectivity index (χ0n) is 10.7. The van der Waals surface area contributed by atoms with Gasteiger partial charge in [-0.05, 0) is 39.8 Å². The van der Waals surface area contributed by atoms with Crippen LogP contribution in [0.5, 0.6) is 0 Å². The Hall–Kier alpha value is -0.610. The molecule has 1 N–H and O–H groups in total. The van der Waals surface area contributed by atoms with Crippen molar-refractivity contribution in [3.8, 4) is 0 Å². The maximum atomic E-state index is 11.7. The molecular weight excluding hydrogens is 204 g/mol. The van der Waals surface area contributed by atoms with Crippen molar-refractivity contribution in [1.29, 1.82) is 0 Å². The number of hydrogen-bond acceptors (Lipinski definition) is 4. The Labute approximate surface area is 98.3 Å². The maximum absolute atomic E-state index is 11.7. The summed E-state index contributed by atoms with van der Waals surface area (Å²) in [7, 11) is 0. The van der Waals surface area contributed by atoms with Crippen LogP contribution in [0, 0.1) is 0 Å². The largest absolute Gasteiger partial charge is 0.465 e. The number of hydrogen-bond donors (Lipinski definition) is 1. The quantitative estimate of drug-likeness (QED) is 0.689. The summed E-state index contributed by atoms with van der Waals surface area (Å²) in [4.78, 5) is 14.1. The second-order valence-corrected chi connectivity index (χ2v) is 4.35. The van der Waals surface area contributed by atoms with Crippen LogP contribution in [0.4, 0.5) is 0 Å². The zero-order chi connectivity index (χ0) is 12.0. The second kappa shape index (κ2) is 6.86. The molecule has 0 aromatic rings. The highest BCUT2D eigenvalue weighted by Crippen LogP contribution is 2.16. The predicted octanol–water partition coefficient (Wildman–Crippen LogP) is 1.01. The van der Waals surface area contributed by atoms with Crippen LogP contribution in [0.2, 0.25) is 0 Å². The number of esters is 1. The highest BCUT2D eigenvalue weighted by molar-refractivity contribution is 5.76. The van der Waals surface area contributed by atoms with E-state index < -0.39 is 0 Å². The number of carbonyl (C=O) groups is 1. The normalized spacial score (nSPS) is 23.3. The molecule has 4 heteroatoms. The minimum atomic E-state index is -0.175. The third-order valence-electron chi connectivity index (χ3n) is 3.13. The van der Waals surface area contributed by atoms with E-state index in [2.05, 4.69) is 17.1 Å². The van der Waals surface area contributed by atoms with Crippen LogP contribution in [-0.4, -0.2) is 49.2 Å². The van der Waals surface area contributed by atoms with Gasteiger partial charge in [0.2, 0.25) is 0 Å². The molecule has 1 fully saturated rings. The van der Waals surface area contributed by atoms with Crippen molar-refractivity contribution >= 4 is 5.97 Å². The van der Waals surface area contributed by atoms with Gasteiger partial charge in [-0.1, -0.05) is 6.92 Å². The monoisotopic (exact) mass is 228 g/mol. The molecule has 2 unspecified atom stereocenters. The highest BCUT2D eigenvalue weighted by atomic mass is 16.5. The summed E-state index contributed by atoms with van der Waals surface area (Å²) in [6, 6.07) is 0.418. The van der Waals surface area contributed by atoms with Crippen molar-refractivity contribution in [2.75, 3.05) is 26.2 Å². The van der Waals surface area contributed by atoms with Crippen LogP contribution in [0.3, 0.4) is 0 Å². The summed E-state index contributed by atoms with van der Waals surface area (Å²) in [5, 5.41) is 3.20. The zero-order valence-corrected chi connectivity index (χ0v) is 10.7. The molecule has 16 heavy (non-hydrogen) atoms. The van der Waals surface area contributed by atoms with E-state index in [1.165, 1.54) is 12.8 Å². The Kier molecular flexibility index (Phi) is 5.77. The van der Waals surface area contributed by atoms with Gasteiger partial charge in [0.15, 0.2) is 0 Å². The van der Waals surface area contributed by atoms with E-state index in [0.29, 0.717) is 12.6 Å². The minimum Gasteiger partial charge on any atom is -0.465 e. The summed E-state index contributed by atoms with van der Waals surface area (Å²) in [6.45, 7) is 9.21. The first-order chi connectivity index (χ1) is 7.69. The molecule has 1 rings (SSSR count). The average Bonchev–Trinajstić information content (AvgIpc) is 2.64. The number of likely N-dealkylation sites (tertiary alicyclic amines) is 1. The van der Waals surface area contributed by atoms with Gasteiger partial charge < -0.3 is 10.1 Å². The Morgan fingerprint density at radius 2 is 2.31 bits per heavy atom. The fraction of sp³-hybridized carbons (Fsp3) is 0.917. The lowest BCUT2D eigenvalue weighted by molar-refractivity contribution is -0.146. The Morgan fingerprint density at radius 1 is 1.56 bits per heavy atom. The van der Waals surface area contributed by atoms with E-state index in [4.69, 9.17) is 4.74 Å². The number of rotatable bonds is 6. The molecule has 0 radical (unpaired) electrons. The summed E-state index contributed by atoms with van der Waals surface area (Å²) in [6.07, 6.45) is 2.48. The van der Waals surface area contributed by atoms with Crippen LogP contribution in [0.15, 0.2) is 0 Å². The molecule has 1 saturated heterocycles. The molecule has 0 bridgehead atoms. The van der Waals surface area contributed by atoms with Crippen molar-refractivity contribution in [3.05, 3.63) is 0 Å². The smallest absolute Gasteiger partial charge is 0.324 e. The molecule has 0 spiro atoms. The van der Waals surface area contributed by atoms with Gasteiger partial charge in [0.25, 0.3) is 0 Å². The minimum absolute atomic E-state index is 0.122. The lowest BCUT2D eigenvalue weighted by Gasteiger charge is -2.26. The number of carbonyl (C=O) groups excluding carboxylic acids is 1. The van der Waals surface area contributed by atoms with E-state index in [9.17, 15) is 4.79 Å². The standard InChI is InChI=1S/C12H24N2O2/c1-4-13-11(12(15)16-5-2)9-14-8-6-7-10(14)3/h10-11,13H,4-9H2,1-3H3. The molecule has 2 atom stereocenters. The summed E-state index contributed by atoms with van der Waals surface area (Å²) < 4.78 is 5.07. The van der Waals surface area contributed by atoms with Gasteiger partial charge in [-0.25, -0.2) is 0 Å². The Bertz CT molecular complexity index is 221. The number of ether oxygens (including phenoxy) is 1. The van der Waals surface area contributed by atoms with Crippen molar-refractivity contribution in [2.45, 2.75) is 45.7 Å². The van der Waals surface area contributed by atoms with Gasteiger partial charge in [0.1, 0.15) is 6.04 Å². The molecule has 1 aliphatic heterocycles. The number of nitrogens with zero attached hydrogens (tertiary/aromatic N) is 1. The molecule has 0 aliphatic carbocycles. The van der Waals surface area contributed by atoms with Crippen molar-refractivity contribution in [2.24, 2.45) is 0 Å². The summed E-state index contributed by atoms with van der Waals surface area (Å²) in [5.74, 6) is -0.122. The fourth-order valence-electron chi connectivity index (χ4n) is 2.21. The number of nitrogens with one attached hydrogen (secondary N) is 1. The predicted molar refractivity (Wildman–Crippen MR) is 64.4 cm³/mol. The summed E-state index contributed by atoms with van der Waals surface area (Å²) in [5.41, 5.74) is 0. The van der Waals surface area contributed by atoms with Gasteiger partial charge in [-0.3, -0.25) is 9.69 Å². The van der Waals surface area contributed by atoms with Gasteiger partial charge >= 0.3 is 5.97 Å². The number of likely N-dealkylation sites (N-methyl/N-ethyl adjacent to an activating group) is 1. The third kappa shape index (κ3) is 3.76. The van der Waals surface area contributed by atoms with Crippen molar-refractivity contribution < 1.29 is 9.53 Å². The Morgan fingerprint density at radius 3 is 2.81 bits per heavy atom. The van der Waals surface area contributed by atoms with Crippen LogP contribution in [0.1, 0.15) is 33.6 Å². The molecule has 94 valence electrons. The maximum Gasteiger partial charge on any atom is 0.324 e. The van der Waals surface area contributed by atoms with Gasteiger partial charge in [0.05, 0.1) is 6.61 Å². The molecule has 0 aromatic carbocycles. The lowest BCUT2D eigenvalue weighted by atomic mass is 10.2. The van der Waals surface area contributed by atoms with Gasteiger partial charge in [-0.2, -0.15) is 0 Å². The van der Waals surface area contributed by atoms with Crippen LogP contribution in [-0.2, 0) is 9.53 Å². The SMILES string of the molecule is CCNC(CN1CCCC1C)C(=O)OCC. The van der Waals surface area contributed by atoms with E-state index in [1.807, 2.05) is 13.8 Å². The molecule has 0 aromatic heterocycles. The van der Waals surface area contributed by atoms with E-state index in [0.717, 1.165) is 19.6 Å². The first-order valence-electron chi connectivity index (χ1n) is 6.33. The molecule has 4 nitrogen and oxygen atoms in total. The molecular formula is C12H24N2O2. The Balaban J connectivity index is 2.46. The van der Waals surface area contributed by atoms with E-state index in [-0.39, 0.29) is 12.0 Å². The molecule has 0 saturated carbocycles. The molecule has 0 amide bonds. The topological polar surface area (TPSA) is 41.6 Å².